The molecule has 0 saturated heterocycles. The maximum atomic E-state index is 3.48. The fraction of sp³-hybridized carbons (Fsp3) is 0.667. The van der Waals surface area contributed by atoms with E-state index in [0.29, 0.717) is 0 Å². The van der Waals surface area contributed by atoms with Gasteiger partial charge in [0, 0.05) is 11.6 Å². The van der Waals surface area contributed by atoms with Crippen molar-refractivity contribution in [2.45, 2.75) is 0 Å². The highest BCUT2D eigenvalue weighted by atomic mass is 15.5. The third-order valence-electron chi connectivity index (χ3n) is 0.838. The van der Waals surface area contributed by atoms with E-state index < -0.39 is 0 Å². The van der Waals surface area contributed by atoms with Crippen molar-refractivity contribution in [3.8, 4) is 11.6 Å². The minimum atomic E-state index is 0.241. The Labute approximate surface area is 86.5 Å². The van der Waals surface area contributed by atoms with E-state index in [4.69, 9.17) is 0 Å². The van der Waals surface area contributed by atoms with E-state index >= 15 is 0 Å². The van der Waals surface area contributed by atoms with Gasteiger partial charge in [0.2, 0.25) is 0 Å². The largest absolute Gasteiger partial charge is 0.333 e. The van der Waals surface area contributed by atoms with Crippen LogP contribution in [0.4, 0.5) is 0 Å². The van der Waals surface area contributed by atoms with E-state index in [-0.39, 0.29) is 11.6 Å². The van der Waals surface area contributed by atoms with Gasteiger partial charge >= 0.3 is 0 Å². The molecule has 0 unspecified atom stereocenters. The lowest BCUT2D eigenvalue weighted by Gasteiger charge is -2.14. The Morgan fingerprint density at radius 1 is 0.800 bits per heavy atom. The maximum Gasteiger partial charge on any atom is 0.0675 e. The maximum absolute atomic E-state index is 3.48. The van der Waals surface area contributed by atoms with Crippen LogP contribution in [0.15, 0.2) is 0 Å². The monoisotopic (exact) mass is 210 g/mol. The summed E-state index contributed by atoms with van der Waals surface area (Å²) < 4.78 is 1.00. The van der Waals surface area contributed by atoms with Crippen LogP contribution >= 0.6 is 0 Å². The molecule has 9 heteroatoms. The predicted octanol–water partition coefficient (Wildman–Crippen LogP) is -2.04. The number of rotatable bonds is 1. The van der Waals surface area contributed by atoms with Crippen molar-refractivity contribution in [1.82, 2.24) is 41.2 Å². The molecule has 0 aromatic carbocycles. The van der Waals surface area contributed by atoms with Gasteiger partial charge in [0.05, 0.1) is 28.2 Å². The molecule has 0 aliphatic rings. The summed E-state index contributed by atoms with van der Waals surface area (Å²) >= 11 is 0. The number of quaternary nitrogens is 1. The molecule has 0 saturated carbocycles. The Bertz CT molecular complexity index is 317. The quantitative estimate of drug-likeness (QED) is 0.496. The minimum absolute atomic E-state index is 0.241. The molecule has 0 atom stereocenters. The van der Waals surface area contributed by atoms with Gasteiger partial charge in [0.1, 0.15) is 0 Å². The first kappa shape index (κ1) is 11.2. The number of hydrogen-bond donors (Lipinski definition) is 0. The third kappa shape index (κ3) is 4.76. The van der Waals surface area contributed by atoms with E-state index in [2.05, 4.69) is 69.4 Å². The molecule has 0 aliphatic heterocycles. The molecule has 9 nitrogen and oxygen atoms in total. The highest BCUT2D eigenvalue weighted by Crippen LogP contribution is 1.97. The van der Waals surface area contributed by atoms with Crippen LogP contribution in [-0.2, 0) is 0 Å². The first-order chi connectivity index (χ1) is 6.97. The van der Waals surface area contributed by atoms with E-state index in [1.54, 1.807) is 0 Å². The van der Waals surface area contributed by atoms with Gasteiger partial charge in [0.25, 0.3) is 0 Å². The molecule has 2 heterocycles. The third-order valence-corrected chi connectivity index (χ3v) is 0.838. The smallest absolute Gasteiger partial charge is 0.0675 e. The van der Waals surface area contributed by atoms with E-state index in [9.17, 15) is 0 Å². The standard InChI is InChI=1S/C4H12N.C2N8/c1-5(2,3)4;3-1(4-8-7-3)2-5-9-10-6-2/h1-4H3;/q+1;-2. The number of aromatic nitrogens is 8. The van der Waals surface area contributed by atoms with Crippen molar-refractivity contribution < 1.29 is 4.48 Å². The zero-order valence-corrected chi connectivity index (χ0v) is 9.02. The van der Waals surface area contributed by atoms with Crippen LogP contribution in [0.5, 0.6) is 0 Å². The molecular formula is C6H12N9-. The second-order valence-electron chi connectivity index (χ2n) is 4.09. The number of nitrogens with zero attached hydrogens (tertiary/aromatic N) is 9. The van der Waals surface area contributed by atoms with E-state index in [0.717, 1.165) is 4.48 Å². The molecular weight excluding hydrogens is 198 g/mol. The van der Waals surface area contributed by atoms with Crippen molar-refractivity contribution in [1.29, 1.82) is 0 Å². The van der Waals surface area contributed by atoms with E-state index in [1.165, 1.54) is 0 Å². The molecule has 82 valence electrons. The Hall–Kier alpha value is -1.90. The molecule has 2 aromatic rings. The molecule has 15 heavy (non-hydrogen) atoms. The van der Waals surface area contributed by atoms with Crippen LogP contribution in [0.3, 0.4) is 0 Å². The zero-order chi connectivity index (χ0) is 11.3. The summed E-state index contributed by atoms with van der Waals surface area (Å²) in [7, 11) is 8.50. The lowest BCUT2D eigenvalue weighted by molar-refractivity contribution is -0.849. The topological polar surface area (TPSA) is 106 Å². The summed E-state index contributed by atoms with van der Waals surface area (Å²) in [5.41, 5.74) is 0. The Morgan fingerprint density at radius 3 is 1.33 bits per heavy atom. The number of hydrogen-bond acceptors (Lipinski definition) is 6. The summed E-state index contributed by atoms with van der Waals surface area (Å²) in [6.07, 6.45) is 0. The summed E-state index contributed by atoms with van der Waals surface area (Å²) in [4.78, 5) is 0. The minimum Gasteiger partial charge on any atom is -0.333 e. The predicted molar refractivity (Wildman–Crippen MR) is 49.2 cm³/mol. The van der Waals surface area contributed by atoms with Gasteiger partial charge in [-0.05, 0) is 0 Å². The lowest BCUT2D eigenvalue weighted by Crippen LogP contribution is -2.27. The normalized spacial score (nSPS) is 10.7. The molecule has 0 aliphatic carbocycles. The Morgan fingerprint density at radius 2 is 1.13 bits per heavy atom. The van der Waals surface area contributed by atoms with Gasteiger partial charge in [-0.25, -0.2) is 0 Å². The van der Waals surface area contributed by atoms with Crippen LogP contribution in [-0.4, -0.2) is 63.7 Å². The van der Waals surface area contributed by atoms with E-state index in [1.807, 2.05) is 0 Å². The average molecular weight is 210 g/mol. The Balaban J connectivity index is 0.000000195. The summed E-state index contributed by atoms with van der Waals surface area (Å²) in [6.45, 7) is 0. The van der Waals surface area contributed by atoms with Gasteiger partial charge in [-0.1, -0.05) is 0 Å². The highest BCUT2D eigenvalue weighted by Gasteiger charge is 1.88. The van der Waals surface area contributed by atoms with Crippen LogP contribution in [0.1, 0.15) is 0 Å². The molecule has 0 N–H and O–H groups in total. The summed E-state index contributed by atoms with van der Waals surface area (Å²) in [5, 5.41) is 26.9. The van der Waals surface area contributed by atoms with Crippen molar-refractivity contribution in [2.24, 2.45) is 0 Å². The van der Waals surface area contributed by atoms with Crippen LogP contribution in [0, 0.1) is 0 Å². The molecule has 2 aromatic heterocycles. The highest BCUT2D eigenvalue weighted by molar-refractivity contribution is 5.36. The summed E-state index contributed by atoms with van der Waals surface area (Å²) in [5.74, 6) is 0.481. The van der Waals surface area contributed by atoms with Crippen molar-refractivity contribution in [2.75, 3.05) is 28.2 Å². The zero-order valence-electron chi connectivity index (χ0n) is 9.02. The Kier molecular flexibility index (Phi) is 3.39. The lowest BCUT2D eigenvalue weighted by atomic mass is 10.6. The molecule has 0 spiro atoms. The first-order valence-corrected chi connectivity index (χ1v) is 4.13. The fourth-order valence-electron chi connectivity index (χ4n) is 0.468. The fourth-order valence-corrected chi connectivity index (χ4v) is 0.468. The van der Waals surface area contributed by atoms with Gasteiger partial charge in [-0.15, -0.1) is 0 Å². The van der Waals surface area contributed by atoms with Crippen molar-refractivity contribution in [3.05, 3.63) is 0 Å². The van der Waals surface area contributed by atoms with Gasteiger partial charge in [-0.2, -0.15) is 10.4 Å². The second-order valence-corrected chi connectivity index (χ2v) is 4.09. The summed E-state index contributed by atoms with van der Waals surface area (Å²) in [6, 6.07) is 0. The first-order valence-electron chi connectivity index (χ1n) is 4.13. The van der Waals surface area contributed by atoms with Gasteiger partial charge < -0.3 is 14.7 Å². The molecule has 0 bridgehead atoms. The SMILES string of the molecule is C[N+](C)(C)C.n1n[n-]c(-c2nnn[n-]2)n1. The molecule has 2 rings (SSSR count). The van der Waals surface area contributed by atoms with Crippen LogP contribution in [0.25, 0.3) is 11.6 Å². The van der Waals surface area contributed by atoms with Gasteiger partial charge in [0.15, 0.2) is 0 Å². The van der Waals surface area contributed by atoms with Gasteiger partial charge in [-0.3, -0.25) is 20.6 Å². The molecule has 0 radical (unpaired) electrons. The number of tetrazole rings is 2. The van der Waals surface area contributed by atoms with Crippen molar-refractivity contribution >= 4 is 0 Å². The molecule has 0 amide bonds. The molecule has 0 fully saturated rings. The van der Waals surface area contributed by atoms with Crippen molar-refractivity contribution in [3.63, 3.8) is 0 Å². The second kappa shape index (κ2) is 4.55. The van der Waals surface area contributed by atoms with Crippen LogP contribution in [0.2, 0.25) is 0 Å². The average Bonchev–Trinajstić information content (AvgIpc) is 2.73. The van der Waals surface area contributed by atoms with Crippen LogP contribution < -0.4 is 10.2 Å².